The lowest BCUT2D eigenvalue weighted by molar-refractivity contribution is -0.139. The molecule has 0 aliphatic carbocycles. The molecule has 7 heteroatoms. The number of amides is 1. The monoisotopic (exact) mass is 471 g/mol. The van der Waals surface area contributed by atoms with Gasteiger partial charge in [-0.05, 0) is 56.2 Å². The molecular weight excluding hydrogens is 442 g/mol. The number of Topliss-reactive ketones (excluding diaryl/α,β-unsaturated/α-hetero) is 1. The average Bonchev–Trinajstić information content (AvgIpc) is 3.04. The van der Waals surface area contributed by atoms with Crippen LogP contribution in [-0.2, 0) is 9.59 Å². The molecule has 1 atom stereocenters. The standard InChI is InChI=1S/C26H30ClNO5/c1-5-6-7-13-28-23(17-9-8-10-19(14-17)33-16(2)3)22(25(30)26(28)31)24(29)18-11-12-20(27)21(15-18)32-4/h8-12,14-16,23,29H,5-7,13H2,1-4H3/b24-22-. The maximum atomic E-state index is 13.1. The van der Waals surface area contributed by atoms with Crippen LogP contribution in [0.25, 0.3) is 5.76 Å². The Kier molecular flexibility index (Phi) is 8.03. The molecule has 1 fully saturated rings. The summed E-state index contributed by atoms with van der Waals surface area (Å²) < 4.78 is 11.1. The van der Waals surface area contributed by atoms with Crippen molar-refractivity contribution in [2.45, 2.75) is 52.2 Å². The zero-order valence-corrected chi connectivity index (χ0v) is 20.2. The number of carbonyl (C=O) groups excluding carboxylic acids is 2. The summed E-state index contributed by atoms with van der Waals surface area (Å²) in [7, 11) is 1.47. The smallest absolute Gasteiger partial charge is 0.295 e. The molecule has 1 N–H and O–H groups in total. The Balaban J connectivity index is 2.14. The molecule has 1 unspecified atom stereocenters. The summed E-state index contributed by atoms with van der Waals surface area (Å²) in [5, 5.41) is 11.6. The molecule has 0 radical (unpaired) electrons. The molecule has 6 nitrogen and oxygen atoms in total. The molecule has 0 bridgehead atoms. The zero-order valence-electron chi connectivity index (χ0n) is 19.4. The quantitative estimate of drug-likeness (QED) is 0.218. The fourth-order valence-corrected chi connectivity index (χ4v) is 4.18. The number of rotatable bonds is 9. The van der Waals surface area contributed by atoms with Gasteiger partial charge in [0, 0.05) is 12.1 Å². The molecular formula is C26H30ClNO5. The first-order chi connectivity index (χ1) is 15.8. The molecule has 0 aromatic heterocycles. The number of hydrogen-bond donors (Lipinski definition) is 1. The zero-order chi connectivity index (χ0) is 24.1. The van der Waals surface area contributed by atoms with Gasteiger partial charge in [-0.1, -0.05) is 43.5 Å². The van der Waals surface area contributed by atoms with Gasteiger partial charge in [0.05, 0.1) is 29.9 Å². The van der Waals surface area contributed by atoms with Crippen LogP contribution < -0.4 is 9.47 Å². The number of likely N-dealkylation sites (tertiary alicyclic amines) is 1. The van der Waals surface area contributed by atoms with Crippen LogP contribution in [0.4, 0.5) is 0 Å². The van der Waals surface area contributed by atoms with Gasteiger partial charge in [-0.3, -0.25) is 9.59 Å². The third-order valence-corrected chi connectivity index (χ3v) is 5.82. The molecule has 1 heterocycles. The summed E-state index contributed by atoms with van der Waals surface area (Å²) in [6.45, 7) is 6.35. The van der Waals surface area contributed by atoms with E-state index in [4.69, 9.17) is 21.1 Å². The van der Waals surface area contributed by atoms with Gasteiger partial charge in [0.25, 0.3) is 11.7 Å². The Morgan fingerprint density at radius 1 is 1.15 bits per heavy atom. The normalized spacial score (nSPS) is 17.6. The Bertz CT molecular complexity index is 1060. The summed E-state index contributed by atoms with van der Waals surface area (Å²) in [6.07, 6.45) is 2.65. The van der Waals surface area contributed by atoms with Crippen LogP contribution in [0.5, 0.6) is 11.5 Å². The topological polar surface area (TPSA) is 76.1 Å². The maximum Gasteiger partial charge on any atom is 0.295 e. The van der Waals surface area contributed by atoms with Gasteiger partial charge in [-0.15, -0.1) is 0 Å². The maximum absolute atomic E-state index is 13.1. The number of aliphatic hydroxyl groups is 1. The fraction of sp³-hybridized carbons (Fsp3) is 0.385. The van der Waals surface area contributed by atoms with E-state index in [2.05, 4.69) is 6.92 Å². The molecule has 1 saturated heterocycles. The van der Waals surface area contributed by atoms with Crippen molar-refractivity contribution in [1.82, 2.24) is 4.90 Å². The lowest BCUT2D eigenvalue weighted by Gasteiger charge is -2.26. The van der Waals surface area contributed by atoms with E-state index in [1.165, 1.54) is 7.11 Å². The third-order valence-electron chi connectivity index (χ3n) is 5.51. The van der Waals surface area contributed by atoms with E-state index in [0.717, 1.165) is 19.3 Å². The predicted octanol–water partition coefficient (Wildman–Crippen LogP) is 5.75. The van der Waals surface area contributed by atoms with Crippen molar-refractivity contribution in [2.24, 2.45) is 0 Å². The highest BCUT2D eigenvalue weighted by atomic mass is 35.5. The lowest BCUT2D eigenvalue weighted by Crippen LogP contribution is -2.30. The Hall–Kier alpha value is -2.99. The molecule has 0 saturated carbocycles. The molecule has 0 spiro atoms. The molecule has 1 aliphatic rings. The number of halogens is 1. The Labute approximate surface area is 199 Å². The number of methoxy groups -OCH3 is 1. The minimum absolute atomic E-state index is 0.0299. The predicted molar refractivity (Wildman–Crippen MR) is 129 cm³/mol. The van der Waals surface area contributed by atoms with Crippen LogP contribution in [-0.4, -0.2) is 41.5 Å². The minimum atomic E-state index is -0.723. The average molecular weight is 472 g/mol. The molecule has 33 heavy (non-hydrogen) atoms. The summed E-state index contributed by atoms with van der Waals surface area (Å²) in [4.78, 5) is 27.7. The van der Waals surface area contributed by atoms with E-state index < -0.39 is 17.7 Å². The van der Waals surface area contributed by atoms with E-state index >= 15 is 0 Å². The van der Waals surface area contributed by atoms with Gasteiger partial charge in [-0.25, -0.2) is 0 Å². The second kappa shape index (κ2) is 10.8. The highest BCUT2D eigenvalue weighted by molar-refractivity contribution is 6.46. The fourth-order valence-electron chi connectivity index (χ4n) is 3.98. The van der Waals surface area contributed by atoms with Crippen molar-refractivity contribution in [3.63, 3.8) is 0 Å². The lowest BCUT2D eigenvalue weighted by atomic mass is 9.95. The summed E-state index contributed by atoms with van der Waals surface area (Å²) >= 11 is 6.12. The highest BCUT2D eigenvalue weighted by Gasteiger charge is 2.45. The van der Waals surface area contributed by atoms with Crippen LogP contribution in [0, 0.1) is 0 Å². The van der Waals surface area contributed by atoms with Crippen molar-refractivity contribution in [3.05, 3.63) is 64.2 Å². The highest BCUT2D eigenvalue weighted by Crippen LogP contribution is 2.41. The minimum Gasteiger partial charge on any atom is -0.507 e. The van der Waals surface area contributed by atoms with Crippen LogP contribution in [0.15, 0.2) is 48.0 Å². The van der Waals surface area contributed by atoms with Gasteiger partial charge in [-0.2, -0.15) is 0 Å². The number of unbranched alkanes of at least 4 members (excludes halogenated alkanes) is 2. The molecule has 1 aliphatic heterocycles. The number of aliphatic hydroxyl groups excluding tert-OH is 1. The van der Waals surface area contributed by atoms with Crippen molar-refractivity contribution < 1.29 is 24.2 Å². The van der Waals surface area contributed by atoms with Crippen molar-refractivity contribution >= 4 is 29.1 Å². The van der Waals surface area contributed by atoms with Crippen molar-refractivity contribution in [2.75, 3.05) is 13.7 Å². The number of ether oxygens (including phenoxy) is 2. The number of nitrogens with zero attached hydrogens (tertiary/aromatic N) is 1. The third kappa shape index (κ3) is 5.33. The van der Waals surface area contributed by atoms with E-state index in [1.54, 1.807) is 23.1 Å². The Morgan fingerprint density at radius 2 is 1.91 bits per heavy atom. The van der Waals surface area contributed by atoms with Gasteiger partial charge >= 0.3 is 0 Å². The number of carbonyl (C=O) groups is 2. The van der Waals surface area contributed by atoms with Crippen LogP contribution in [0.3, 0.4) is 0 Å². The van der Waals surface area contributed by atoms with Gasteiger partial charge in [0.15, 0.2) is 0 Å². The second-order valence-electron chi connectivity index (χ2n) is 8.29. The van der Waals surface area contributed by atoms with Gasteiger partial charge in [0.2, 0.25) is 0 Å². The van der Waals surface area contributed by atoms with E-state index in [1.807, 2.05) is 38.1 Å². The summed E-state index contributed by atoms with van der Waals surface area (Å²) in [6, 6.07) is 11.3. The molecule has 1 amide bonds. The van der Waals surface area contributed by atoms with Crippen LogP contribution in [0.1, 0.15) is 57.2 Å². The number of benzene rings is 2. The van der Waals surface area contributed by atoms with Gasteiger partial charge in [0.1, 0.15) is 17.3 Å². The first kappa shape index (κ1) is 24.6. The van der Waals surface area contributed by atoms with Crippen molar-refractivity contribution in [1.29, 1.82) is 0 Å². The Morgan fingerprint density at radius 3 is 2.58 bits per heavy atom. The van der Waals surface area contributed by atoms with Crippen LogP contribution in [0.2, 0.25) is 5.02 Å². The SMILES string of the molecule is CCCCCN1C(=O)C(=O)/C(=C(\O)c2ccc(Cl)c(OC)c2)C1c1cccc(OC(C)C)c1. The summed E-state index contributed by atoms with van der Waals surface area (Å²) in [5.74, 6) is -0.593. The first-order valence-corrected chi connectivity index (χ1v) is 11.5. The second-order valence-corrected chi connectivity index (χ2v) is 8.70. The molecule has 2 aromatic carbocycles. The molecule has 176 valence electrons. The number of ketones is 1. The molecule has 3 rings (SSSR count). The number of hydrogen-bond acceptors (Lipinski definition) is 5. The largest absolute Gasteiger partial charge is 0.507 e. The van der Waals surface area contributed by atoms with Crippen LogP contribution >= 0.6 is 11.6 Å². The van der Waals surface area contributed by atoms with E-state index in [-0.39, 0.29) is 17.4 Å². The molecule has 2 aromatic rings. The van der Waals surface area contributed by atoms with Gasteiger partial charge < -0.3 is 19.5 Å². The van der Waals surface area contributed by atoms with Crippen molar-refractivity contribution in [3.8, 4) is 11.5 Å². The van der Waals surface area contributed by atoms with E-state index in [0.29, 0.717) is 34.2 Å². The van der Waals surface area contributed by atoms with E-state index in [9.17, 15) is 14.7 Å². The summed E-state index contributed by atoms with van der Waals surface area (Å²) in [5.41, 5.74) is 1.09. The first-order valence-electron chi connectivity index (χ1n) is 11.2.